The molecule has 2 fully saturated rings. The lowest BCUT2D eigenvalue weighted by molar-refractivity contribution is 0.144. The van der Waals surface area contributed by atoms with E-state index in [0.29, 0.717) is 11.8 Å². The topological polar surface area (TPSA) is 48.5 Å². The lowest BCUT2D eigenvalue weighted by atomic mass is 9.97. The average Bonchev–Trinajstić information content (AvgIpc) is 3.14. The van der Waals surface area contributed by atoms with E-state index in [9.17, 15) is 4.79 Å². The van der Waals surface area contributed by atoms with Gasteiger partial charge < -0.3 is 15.1 Å². The molecule has 1 saturated heterocycles. The molecule has 0 bridgehead atoms. The molecule has 1 N–H and O–H groups in total. The van der Waals surface area contributed by atoms with Crippen LogP contribution < -0.4 is 5.32 Å². The van der Waals surface area contributed by atoms with Crippen molar-refractivity contribution in [3.63, 3.8) is 0 Å². The Morgan fingerprint density at radius 3 is 2.84 bits per heavy atom. The maximum atomic E-state index is 12.5. The van der Waals surface area contributed by atoms with Crippen molar-refractivity contribution < 1.29 is 4.79 Å². The number of hydrogen-bond donors (Lipinski definition) is 1. The fraction of sp³-hybridized carbons (Fsp3) is 0.700. The number of nitrogens with one attached hydrogen (secondary N) is 1. The number of amides is 2. The number of hydrogen-bond acceptors (Lipinski definition) is 3. The molecule has 1 aromatic heterocycles. The Labute approximate surface area is 151 Å². The van der Waals surface area contributed by atoms with Crippen molar-refractivity contribution in [1.82, 2.24) is 20.1 Å². The quantitative estimate of drug-likeness (QED) is 0.862. The van der Waals surface area contributed by atoms with Crippen LogP contribution in [0.3, 0.4) is 0 Å². The third kappa shape index (κ3) is 5.70. The van der Waals surface area contributed by atoms with E-state index >= 15 is 0 Å². The van der Waals surface area contributed by atoms with E-state index in [2.05, 4.69) is 28.3 Å². The summed E-state index contributed by atoms with van der Waals surface area (Å²) in [7, 11) is 2.16. The predicted molar refractivity (Wildman–Crippen MR) is 100 cm³/mol. The Hall–Kier alpha value is -1.62. The zero-order valence-electron chi connectivity index (χ0n) is 15.5. The molecule has 2 amide bonds. The van der Waals surface area contributed by atoms with E-state index in [-0.39, 0.29) is 6.03 Å². The molecule has 25 heavy (non-hydrogen) atoms. The second-order valence-corrected chi connectivity index (χ2v) is 7.85. The summed E-state index contributed by atoms with van der Waals surface area (Å²) >= 11 is 0. The summed E-state index contributed by atoms with van der Waals surface area (Å²) in [6.07, 6.45) is 11.3. The van der Waals surface area contributed by atoms with Crippen molar-refractivity contribution in [1.29, 1.82) is 0 Å². The number of carbonyl (C=O) groups is 1. The molecule has 1 aliphatic carbocycles. The van der Waals surface area contributed by atoms with Gasteiger partial charge in [-0.05, 0) is 56.2 Å². The standard InChI is InChI=1S/C20H32N4O/c1-23(14-18-8-4-10-21-12-18)15-19-9-5-11-24(16-19)20(25)22-13-17-6-2-3-7-17/h4,8,10,12,17,19H,2-3,5-7,9,11,13-16H2,1H3,(H,22,25)/t19-/m0/s1. The number of urea groups is 1. The van der Waals surface area contributed by atoms with E-state index in [0.717, 1.165) is 39.1 Å². The van der Waals surface area contributed by atoms with Crippen molar-refractivity contribution in [2.75, 3.05) is 33.2 Å². The molecule has 1 atom stereocenters. The molecule has 1 saturated carbocycles. The van der Waals surface area contributed by atoms with E-state index in [1.165, 1.54) is 37.7 Å². The van der Waals surface area contributed by atoms with Crippen LogP contribution >= 0.6 is 0 Å². The van der Waals surface area contributed by atoms with Gasteiger partial charge in [0.1, 0.15) is 0 Å². The van der Waals surface area contributed by atoms with Crippen molar-refractivity contribution in [2.45, 2.75) is 45.1 Å². The first kappa shape index (κ1) is 18.2. The molecule has 0 aromatic carbocycles. The van der Waals surface area contributed by atoms with Gasteiger partial charge in [-0.25, -0.2) is 4.79 Å². The van der Waals surface area contributed by atoms with Gasteiger partial charge in [-0.1, -0.05) is 18.9 Å². The zero-order valence-corrected chi connectivity index (χ0v) is 15.5. The number of aromatic nitrogens is 1. The minimum Gasteiger partial charge on any atom is -0.338 e. The third-order valence-corrected chi connectivity index (χ3v) is 5.57. The minimum atomic E-state index is 0.145. The normalized spacial score (nSPS) is 21.7. The van der Waals surface area contributed by atoms with Crippen LogP contribution in [0.1, 0.15) is 44.1 Å². The van der Waals surface area contributed by atoms with Crippen molar-refractivity contribution >= 4 is 6.03 Å². The molecule has 3 rings (SSSR count). The van der Waals surface area contributed by atoms with Gasteiger partial charge in [0.05, 0.1) is 0 Å². The summed E-state index contributed by atoms with van der Waals surface area (Å²) in [5.74, 6) is 1.27. The van der Waals surface area contributed by atoms with Crippen LogP contribution in [-0.2, 0) is 6.54 Å². The number of carbonyl (C=O) groups excluding carboxylic acids is 1. The Balaban J connectivity index is 1.41. The second-order valence-electron chi connectivity index (χ2n) is 7.85. The molecule has 2 aliphatic rings. The first-order valence-corrected chi connectivity index (χ1v) is 9.81. The van der Waals surface area contributed by atoms with Crippen LogP contribution in [0.25, 0.3) is 0 Å². The van der Waals surface area contributed by atoms with Gasteiger partial charge >= 0.3 is 6.03 Å². The van der Waals surface area contributed by atoms with Crippen LogP contribution in [0.15, 0.2) is 24.5 Å². The van der Waals surface area contributed by atoms with E-state index in [1.807, 2.05) is 23.4 Å². The molecular weight excluding hydrogens is 312 g/mol. The number of rotatable bonds is 6. The summed E-state index contributed by atoms with van der Waals surface area (Å²) < 4.78 is 0. The summed E-state index contributed by atoms with van der Waals surface area (Å²) in [5.41, 5.74) is 1.24. The molecule has 5 heteroatoms. The Morgan fingerprint density at radius 2 is 2.08 bits per heavy atom. The summed E-state index contributed by atoms with van der Waals surface area (Å²) in [4.78, 5) is 21.0. The van der Waals surface area contributed by atoms with Crippen molar-refractivity contribution in [2.24, 2.45) is 11.8 Å². The highest BCUT2D eigenvalue weighted by Crippen LogP contribution is 2.24. The van der Waals surface area contributed by atoms with E-state index < -0.39 is 0 Å². The van der Waals surface area contributed by atoms with Crippen LogP contribution in [0, 0.1) is 11.8 Å². The van der Waals surface area contributed by atoms with Gasteiger partial charge in [0.2, 0.25) is 0 Å². The Morgan fingerprint density at radius 1 is 1.28 bits per heavy atom. The third-order valence-electron chi connectivity index (χ3n) is 5.57. The first-order chi connectivity index (χ1) is 12.2. The highest BCUT2D eigenvalue weighted by molar-refractivity contribution is 5.74. The number of nitrogens with zero attached hydrogens (tertiary/aromatic N) is 3. The fourth-order valence-electron chi connectivity index (χ4n) is 4.27. The number of piperidine rings is 1. The Bertz CT molecular complexity index is 530. The van der Waals surface area contributed by atoms with Crippen molar-refractivity contribution in [3.8, 4) is 0 Å². The largest absolute Gasteiger partial charge is 0.338 e. The average molecular weight is 345 g/mol. The molecule has 2 heterocycles. The lowest BCUT2D eigenvalue weighted by Crippen LogP contribution is -2.48. The van der Waals surface area contributed by atoms with Crippen LogP contribution in [0.2, 0.25) is 0 Å². The van der Waals surface area contributed by atoms with Crippen LogP contribution in [-0.4, -0.2) is 54.0 Å². The van der Waals surface area contributed by atoms with Crippen LogP contribution in [0.5, 0.6) is 0 Å². The van der Waals surface area contributed by atoms with Gasteiger partial charge in [0.15, 0.2) is 0 Å². The van der Waals surface area contributed by atoms with Gasteiger partial charge in [-0.3, -0.25) is 4.98 Å². The summed E-state index contributed by atoms with van der Waals surface area (Å²) in [6, 6.07) is 4.25. The molecule has 138 valence electrons. The summed E-state index contributed by atoms with van der Waals surface area (Å²) in [6.45, 7) is 4.59. The lowest BCUT2D eigenvalue weighted by Gasteiger charge is -2.35. The SMILES string of the molecule is CN(Cc1cccnc1)C[C@@H]1CCCN(C(=O)NCC2CCCC2)C1. The Kier molecular flexibility index (Phi) is 6.68. The van der Waals surface area contributed by atoms with Gasteiger partial charge in [-0.2, -0.15) is 0 Å². The smallest absolute Gasteiger partial charge is 0.317 e. The van der Waals surface area contributed by atoms with Gasteiger partial charge in [-0.15, -0.1) is 0 Å². The zero-order chi connectivity index (χ0) is 17.5. The molecule has 0 unspecified atom stereocenters. The number of likely N-dealkylation sites (tertiary alicyclic amines) is 1. The second kappa shape index (κ2) is 9.18. The molecule has 0 spiro atoms. The highest BCUT2D eigenvalue weighted by atomic mass is 16.2. The van der Waals surface area contributed by atoms with E-state index in [4.69, 9.17) is 0 Å². The maximum Gasteiger partial charge on any atom is 0.317 e. The molecule has 1 aromatic rings. The molecule has 0 radical (unpaired) electrons. The number of pyridine rings is 1. The predicted octanol–water partition coefficient (Wildman–Crippen LogP) is 3.13. The molecular formula is C20H32N4O. The summed E-state index contributed by atoms with van der Waals surface area (Å²) in [5, 5.41) is 3.17. The molecule has 5 nitrogen and oxygen atoms in total. The van der Waals surface area contributed by atoms with Gasteiger partial charge in [0.25, 0.3) is 0 Å². The van der Waals surface area contributed by atoms with Crippen LogP contribution in [0.4, 0.5) is 4.79 Å². The highest BCUT2D eigenvalue weighted by Gasteiger charge is 2.25. The minimum absolute atomic E-state index is 0.145. The maximum absolute atomic E-state index is 12.5. The fourth-order valence-corrected chi connectivity index (χ4v) is 4.27. The first-order valence-electron chi connectivity index (χ1n) is 9.81. The monoisotopic (exact) mass is 344 g/mol. The van der Waals surface area contributed by atoms with Crippen molar-refractivity contribution in [3.05, 3.63) is 30.1 Å². The van der Waals surface area contributed by atoms with Gasteiger partial charge in [0, 0.05) is 45.1 Å². The molecule has 1 aliphatic heterocycles. The van der Waals surface area contributed by atoms with E-state index in [1.54, 1.807) is 0 Å².